The number of rotatable bonds is 6. The number of hydrogen-bond acceptors (Lipinski definition) is 3. The van der Waals surface area contributed by atoms with Crippen molar-refractivity contribution in [3.05, 3.63) is 182 Å². The predicted octanol–water partition coefficient (Wildman–Crippen LogP) is 12.6. The number of anilines is 3. The number of fused-ring (bicyclic) bond motifs is 5. The standard InChI is InChI=1S/C45H30N2O/c1-5-13-31(14-6-1)36-24-27-39(32-15-7-2-8-16-32)42(29-36)47(37-19-11-4-12-20-37)38-26-23-33-21-22-34-25-28-41-44(43(34)40(33)30-38)48-45(46-41)35-17-9-3-10-18-35/h1-30H. The molecule has 48 heavy (non-hydrogen) atoms. The Kier molecular flexibility index (Phi) is 6.80. The highest BCUT2D eigenvalue weighted by Gasteiger charge is 2.20. The van der Waals surface area contributed by atoms with Crippen molar-refractivity contribution in [2.45, 2.75) is 0 Å². The van der Waals surface area contributed by atoms with Crippen molar-refractivity contribution in [1.29, 1.82) is 0 Å². The summed E-state index contributed by atoms with van der Waals surface area (Å²) in [5.41, 5.74) is 10.5. The Morgan fingerprint density at radius 1 is 0.438 bits per heavy atom. The maximum absolute atomic E-state index is 6.56. The predicted molar refractivity (Wildman–Crippen MR) is 200 cm³/mol. The molecule has 0 amide bonds. The average Bonchev–Trinajstić information content (AvgIpc) is 3.61. The Hall–Kier alpha value is -6.45. The fraction of sp³-hybridized carbons (Fsp3) is 0. The van der Waals surface area contributed by atoms with Crippen molar-refractivity contribution < 1.29 is 4.42 Å². The second-order valence-electron chi connectivity index (χ2n) is 12.0. The molecule has 0 atom stereocenters. The molecule has 0 spiro atoms. The Labute approximate surface area is 279 Å². The van der Waals surface area contributed by atoms with Crippen molar-refractivity contribution in [1.82, 2.24) is 4.98 Å². The fourth-order valence-electron chi connectivity index (χ4n) is 6.75. The molecule has 1 aromatic heterocycles. The van der Waals surface area contributed by atoms with E-state index >= 15 is 0 Å². The van der Waals surface area contributed by atoms with Crippen LogP contribution in [0.25, 0.3) is 66.4 Å². The highest BCUT2D eigenvalue weighted by molar-refractivity contribution is 6.18. The smallest absolute Gasteiger partial charge is 0.227 e. The van der Waals surface area contributed by atoms with Gasteiger partial charge in [0.15, 0.2) is 5.58 Å². The second-order valence-corrected chi connectivity index (χ2v) is 12.0. The third-order valence-electron chi connectivity index (χ3n) is 9.06. The van der Waals surface area contributed by atoms with E-state index in [1.165, 1.54) is 5.56 Å². The molecule has 9 rings (SSSR count). The molecule has 0 N–H and O–H groups in total. The number of hydrogen-bond donors (Lipinski definition) is 0. The van der Waals surface area contributed by atoms with Gasteiger partial charge in [-0.25, -0.2) is 4.98 Å². The van der Waals surface area contributed by atoms with E-state index in [1.807, 2.05) is 30.3 Å². The van der Waals surface area contributed by atoms with E-state index in [4.69, 9.17) is 9.40 Å². The minimum Gasteiger partial charge on any atom is -0.435 e. The topological polar surface area (TPSA) is 29.3 Å². The minimum absolute atomic E-state index is 0.627. The lowest BCUT2D eigenvalue weighted by molar-refractivity contribution is 0.623. The zero-order valence-electron chi connectivity index (χ0n) is 26.1. The summed E-state index contributed by atoms with van der Waals surface area (Å²) in [6.45, 7) is 0. The van der Waals surface area contributed by atoms with Crippen LogP contribution >= 0.6 is 0 Å². The Morgan fingerprint density at radius 3 is 1.77 bits per heavy atom. The molecule has 8 aromatic carbocycles. The summed E-state index contributed by atoms with van der Waals surface area (Å²) in [4.78, 5) is 7.28. The molecule has 0 aliphatic heterocycles. The molecule has 0 radical (unpaired) electrons. The van der Waals surface area contributed by atoms with Gasteiger partial charge in [-0.3, -0.25) is 0 Å². The van der Waals surface area contributed by atoms with Gasteiger partial charge in [-0.1, -0.05) is 133 Å². The van der Waals surface area contributed by atoms with Crippen molar-refractivity contribution >= 4 is 49.7 Å². The molecule has 0 aliphatic rings. The molecule has 3 nitrogen and oxygen atoms in total. The summed E-state index contributed by atoms with van der Waals surface area (Å²) in [5, 5.41) is 4.44. The van der Waals surface area contributed by atoms with E-state index in [0.29, 0.717) is 5.89 Å². The van der Waals surface area contributed by atoms with E-state index in [2.05, 4.69) is 157 Å². The summed E-state index contributed by atoms with van der Waals surface area (Å²) in [7, 11) is 0. The van der Waals surface area contributed by atoms with Crippen molar-refractivity contribution in [2.24, 2.45) is 0 Å². The van der Waals surface area contributed by atoms with Crippen LogP contribution in [0.5, 0.6) is 0 Å². The summed E-state index contributed by atoms with van der Waals surface area (Å²) in [5.74, 6) is 0.627. The van der Waals surface area contributed by atoms with Crippen molar-refractivity contribution in [3.8, 4) is 33.7 Å². The highest BCUT2D eigenvalue weighted by Crippen LogP contribution is 2.44. The minimum atomic E-state index is 0.627. The molecule has 0 bridgehead atoms. The zero-order chi connectivity index (χ0) is 31.9. The maximum Gasteiger partial charge on any atom is 0.227 e. The zero-order valence-corrected chi connectivity index (χ0v) is 26.1. The second kappa shape index (κ2) is 11.7. The van der Waals surface area contributed by atoms with Crippen molar-refractivity contribution in [3.63, 3.8) is 0 Å². The van der Waals surface area contributed by atoms with Gasteiger partial charge in [-0.05, 0) is 81.4 Å². The quantitative estimate of drug-likeness (QED) is 0.175. The molecule has 1 heterocycles. The van der Waals surface area contributed by atoms with Crippen LogP contribution in [0.4, 0.5) is 17.1 Å². The molecular formula is C45H30N2O. The lowest BCUT2D eigenvalue weighted by Crippen LogP contribution is -2.11. The van der Waals surface area contributed by atoms with Crippen LogP contribution in [0.3, 0.4) is 0 Å². The number of para-hydroxylation sites is 1. The van der Waals surface area contributed by atoms with Gasteiger partial charge in [0.1, 0.15) is 5.52 Å². The number of oxazole rings is 1. The van der Waals surface area contributed by atoms with Crippen LogP contribution in [0.1, 0.15) is 0 Å². The highest BCUT2D eigenvalue weighted by atomic mass is 16.3. The molecule has 0 unspecified atom stereocenters. The first-order valence-electron chi connectivity index (χ1n) is 16.2. The van der Waals surface area contributed by atoms with Gasteiger partial charge in [0.25, 0.3) is 0 Å². The molecule has 0 fully saturated rings. The first kappa shape index (κ1) is 27.8. The van der Waals surface area contributed by atoms with Crippen molar-refractivity contribution in [2.75, 3.05) is 4.90 Å². The molecule has 9 aromatic rings. The summed E-state index contributed by atoms with van der Waals surface area (Å²) >= 11 is 0. The lowest BCUT2D eigenvalue weighted by atomic mass is 9.96. The molecule has 0 aliphatic carbocycles. The Balaban J connectivity index is 1.31. The third kappa shape index (κ3) is 4.90. The van der Waals surface area contributed by atoms with Gasteiger partial charge in [-0.2, -0.15) is 0 Å². The van der Waals surface area contributed by atoms with Gasteiger partial charge in [0, 0.05) is 27.9 Å². The van der Waals surface area contributed by atoms with Gasteiger partial charge in [-0.15, -0.1) is 0 Å². The molecule has 0 saturated heterocycles. The summed E-state index contributed by atoms with van der Waals surface area (Å²) < 4.78 is 6.56. The van der Waals surface area contributed by atoms with Gasteiger partial charge in [0.05, 0.1) is 5.69 Å². The average molecular weight is 615 g/mol. The summed E-state index contributed by atoms with van der Waals surface area (Å²) in [6.07, 6.45) is 0. The van der Waals surface area contributed by atoms with Crippen LogP contribution < -0.4 is 4.90 Å². The van der Waals surface area contributed by atoms with E-state index in [-0.39, 0.29) is 0 Å². The number of nitrogens with zero attached hydrogens (tertiary/aromatic N) is 2. The molecule has 226 valence electrons. The van der Waals surface area contributed by atoms with Crippen LogP contribution in [0, 0.1) is 0 Å². The van der Waals surface area contributed by atoms with Crippen LogP contribution in [0.15, 0.2) is 186 Å². The van der Waals surface area contributed by atoms with Crippen LogP contribution in [0.2, 0.25) is 0 Å². The Bertz CT molecular complexity index is 2540. The molecule has 0 saturated carbocycles. The molecule has 3 heteroatoms. The van der Waals surface area contributed by atoms with Crippen LogP contribution in [-0.4, -0.2) is 4.98 Å². The Morgan fingerprint density at radius 2 is 1.04 bits per heavy atom. The lowest BCUT2D eigenvalue weighted by Gasteiger charge is -2.29. The van der Waals surface area contributed by atoms with E-state index < -0.39 is 0 Å². The van der Waals surface area contributed by atoms with E-state index in [0.717, 1.165) is 72.0 Å². The SMILES string of the molecule is c1ccc(-c2ccc(-c3ccccc3)c(N(c3ccccc3)c3ccc4ccc5ccc6nc(-c7ccccc7)oc6c5c4c3)c2)cc1. The van der Waals surface area contributed by atoms with Crippen LogP contribution in [-0.2, 0) is 0 Å². The summed E-state index contributed by atoms with van der Waals surface area (Å²) in [6, 6.07) is 64.1. The monoisotopic (exact) mass is 614 g/mol. The van der Waals surface area contributed by atoms with E-state index in [1.54, 1.807) is 0 Å². The molecular weight excluding hydrogens is 585 g/mol. The first-order chi connectivity index (χ1) is 23.8. The van der Waals surface area contributed by atoms with Gasteiger partial charge in [0.2, 0.25) is 5.89 Å². The van der Waals surface area contributed by atoms with Gasteiger partial charge >= 0.3 is 0 Å². The number of benzene rings is 8. The van der Waals surface area contributed by atoms with Gasteiger partial charge < -0.3 is 9.32 Å². The largest absolute Gasteiger partial charge is 0.435 e. The normalized spacial score (nSPS) is 11.3. The van der Waals surface area contributed by atoms with E-state index in [9.17, 15) is 0 Å². The first-order valence-corrected chi connectivity index (χ1v) is 16.2. The fourth-order valence-corrected chi connectivity index (χ4v) is 6.75. The maximum atomic E-state index is 6.56. The number of aromatic nitrogens is 1. The third-order valence-corrected chi connectivity index (χ3v) is 9.06.